The first kappa shape index (κ1) is 10.9. The van der Waals surface area contributed by atoms with Gasteiger partial charge in [-0.15, -0.1) is 0 Å². The Hall–Kier alpha value is -1.58. The van der Waals surface area contributed by atoms with E-state index in [1.807, 2.05) is 6.07 Å². The number of anilines is 1. The number of likely N-dealkylation sites (N-methyl/N-ethyl adjacent to an activating group) is 1. The van der Waals surface area contributed by atoms with Crippen LogP contribution in [0.5, 0.6) is 0 Å². The number of hydrogen-bond donors (Lipinski definition) is 0. The second-order valence-electron chi connectivity index (χ2n) is 3.53. The molecule has 5 nitrogen and oxygen atoms in total. The standard InChI is InChI=1S/C10H11N3O2S/c1-12-6-7-13(16(12,14)15)10-5-3-2-4-9(10)8-11/h2-5H,6-7H2,1H3. The molecule has 1 fully saturated rings. The molecule has 0 aliphatic carbocycles. The van der Waals surface area contributed by atoms with Gasteiger partial charge in [0.05, 0.1) is 11.3 Å². The Balaban J connectivity index is 2.51. The van der Waals surface area contributed by atoms with Crippen molar-refractivity contribution in [1.82, 2.24) is 4.31 Å². The highest BCUT2D eigenvalue weighted by molar-refractivity contribution is 7.90. The smallest absolute Gasteiger partial charge is 0.255 e. The summed E-state index contributed by atoms with van der Waals surface area (Å²) in [6.07, 6.45) is 0. The summed E-state index contributed by atoms with van der Waals surface area (Å²) in [7, 11) is -1.90. The van der Waals surface area contributed by atoms with Gasteiger partial charge in [-0.05, 0) is 12.1 Å². The topological polar surface area (TPSA) is 64.4 Å². The molecule has 0 unspecified atom stereocenters. The fourth-order valence-corrected chi connectivity index (χ4v) is 3.03. The number of nitrogens with zero attached hydrogens (tertiary/aromatic N) is 3. The molecular weight excluding hydrogens is 226 g/mol. The molecule has 0 spiro atoms. The van der Waals surface area contributed by atoms with Crippen molar-refractivity contribution >= 4 is 15.9 Å². The average molecular weight is 237 g/mol. The minimum absolute atomic E-state index is 0.376. The largest absolute Gasteiger partial charge is 0.303 e. The van der Waals surface area contributed by atoms with E-state index in [0.29, 0.717) is 24.3 Å². The first-order valence-corrected chi connectivity index (χ1v) is 6.20. The molecule has 16 heavy (non-hydrogen) atoms. The van der Waals surface area contributed by atoms with E-state index in [4.69, 9.17) is 5.26 Å². The highest BCUT2D eigenvalue weighted by Crippen LogP contribution is 2.26. The maximum absolute atomic E-state index is 11.9. The number of nitriles is 1. The van der Waals surface area contributed by atoms with Crippen molar-refractivity contribution in [2.24, 2.45) is 0 Å². The van der Waals surface area contributed by atoms with Gasteiger partial charge in [-0.1, -0.05) is 12.1 Å². The summed E-state index contributed by atoms with van der Waals surface area (Å²) in [6, 6.07) is 8.71. The fraction of sp³-hybridized carbons (Fsp3) is 0.300. The van der Waals surface area contributed by atoms with Crippen molar-refractivity contribution in [2.45, 2.75) is 0 Å². The van der Waals surface area contributed by atoms with Crippen LogP contribution in [0.1, 0.15) is 5.56 Å². The molecule has 1 aliphatic rings. The van der Waals surface area contributed by atoms with Gasteiger partial charge in [0.25, 0.3) is 0 Å². The Kier molecular flexibility index (Phi) is 2.58. The summed E-state index contributed by atoms with van der Waals surface area (Å²) in [4.78, 5) is 0. The van der Waals surface area contributed by atoms with Gasteiger partial charge in [0.2, 0.25) is 0 Å². The van der Waals surface area contributed by atoms with Crippen LogP contribution in [-0.2, 0) is 10.2 Å². The van der Waals surface area contributed by atoms with Gasteiger partial charge < -0.3 is 0 Å². The Morgan fingerprint density at radius 2 is 2.00 bits per heavy atom. The van der Waals surface area contributed by atoms with Gasteiger partial charge in [-0.3, -0.25) is 4.31 Å². The van der Waals surface area contributed by atoms with Gasteiger partial charge >= 0.3 is 10.2 Å². The molecule has 1 aliphatic heterocycles. The number of benzene rings is 1. The Labute approximate surface area is 94.7 Å². The van der Waals surface area contributed by atoms with Crippen molar-refractivity contribution in [3.8, 4) is 6.07 Å². The number of rotatable bonds is 1. The third kappa shape index (κ3) is 1.54. The Bertz CT molecular complexity index is 547. The van der Waals surface area contributed by atoms with E-state index in [2.05, 4.69) is 0 Å². The van der Waals surface area contributed by atoms with Crippen LogP contribution in [-0.4, -0.2) is 32.9 Å². The van der Waals surface area contributed by atoms with Gasteiger partial charge in [-0.2, -0.15) is 18.0 Å². The lowest BCUT2D eigenvalue weighted by Gasteiger charge is -2.18. The lowest BCUT2D eigenvalue weighted by Crippen LogP contribution is -2.31. The van der Waals surface area contributed by atoms with Crippen molar-refractivity contribution in [3.05, 3.63) is 29.8 Å². The van der Waals surface area contributed by atoms with Gasteiger partial charge in [-0.25, -0.2) is 0 Å². The van der Waals surface area contributed by atoms with Crippen molar-refractivity contribution < 1.29 is 8.42 Å². The molecule has 1 saturated heterocycles. The van der Waals surface area contributed by atoms with E-state index in [-0.39, 0.29) is 0 Å². The molecule has 0 aromatic heterocycles. The zero-order chi connectivity index (χ0) is 11.8. The van der Waals surface area contributed by atoms with Crippen molar-refractivity contribution in [2.75, 3.05) is 24.4 Å². The molecule has 0 N–H and O–H groups in total. The molecule has 0 atom stereocenters. The highest BCUT2D eigenvalue weighted by Gasteiger charge is 2.34. The quantitative estimate of drug-likeness (QED) is 0.716. The van der Waals surface area contributed by atoms with Crippen LogP contribution in [0.15, 0.2) is 24.3 Å². The maximum atomic E-state index is 11.9. The van der Waals surface area contributed by atoms with Crippen LogP contribution in [0.25, 0.3) is 0 Å². The summed E-state index contributed by atoms with van der Waals surface area (Å²) < 4.78 is 26.4. The number of para-hydroxylation sites is 1. The molecule has 6 heteroatoms. The van der Waals surface area contributed by atoms with Gasteiger partial charge in [0, 0.05) is 20.1 Å². The predicted molar refractivity (Wildman–Crippen MR) is 60.1 cm³/mol. The first-order chi connectivity index (χ1) is 7.57. The maximum Gasteiger partial charge on any atom is 0.303 e. The molecule has 84 valence electrons. The SMILES string of the molecule is CN1CCN(c2ccccc2C#N)S1(=O)=O. The molecule has 0 saturated carbocycles. The Morgan fingerprint density at radius 3 is 2.56 bits per heavy atom. The highest BCUT2D eigenvalue weighted by atomic mass is 32.2. The molecule has 2 rings (SSSR count). The molecule has 0 bridgehead atoms. The lowest BCUT2D eigenvalue weighted by molar-refractivity contribution is 0.511. The molecule has 1 aromatic rings. The zero-order valence-electron chi connectivity index (χ0n) is 8.79. The van der Waals surface area contributed by atoms with Crippen LogP contribution in [0.4, 0.5) is 5.69 Å². The summed E-state index contributed by atoms with van der Waals surface area (Å²) in [5.41, 5.74) is 0.829. The van der Waals surface area contributed by atoms with E-state index in [1.54, 1.807) is 24.3 Å². The van der Waals surface area contributed by atoms with E-state index in [9.17, 15) is 8.42 Å². The Morgan fingerprint density at radius 1 is 1.31 bits per heavy atom. The van der Waals surface area contributed by atoms with Crippen molar-refractivity contribution in [1.29, 1.82) is 5.26 Å². The monoisotopic (exact) mass is 237 g/mol. The van der Waals surface area contributed by atoms with Crippen molar-refractivity contribution in [3.63, 3.8) is 0 Å². The normalized spacial score (nSPS) is 19.6. The van der Waals surface area contributed by atoms with Crippen LogP contribution >= 0.6 is 0 Å². The minimum Gasteiger partial charge on any atom is -0.255 e. The summed E-state index contributed by atoms with van der Waals surface area (Å²) in [5.74, 6) is 0. The summed E-state index contributed by atoms with van der Waals surface area (Å²) in [6.45, 7) is 0.833. The molecule has 1 aromatic carbocycles. The second-order valence-corrected chi connectivity index (χ2v) is 5.49. The third-order valence-corrected chi connectivity index (χ3v) is 4.49. The zero-order valence-corrected chi connectivity index (χ0v) is 9.61. The summed E-state index contributed by atoms with van der Waals surface area (Å²) >= 11 is 0. The molecule has 0 radical (unpaired) electrons. The third-order valence-electron chi connectivity index (χ3n) is 2.58. The predicted octanol–water partition coefficient (Wildman–Crippen LogP) is 0.555. The van der Waals surface area contributed by atoms with E-state index in [0.717, 1.165) is 0 Å². The molecule has 1 heterocycles. The first-order valence-electron chi connectivity index (χ1n) is 4.80. The minimum atomic E-state index is -3.44. The fourth-order valence-electron chi connectivity index (χ4n) is 1.66. The van der Waals surface area contributed by atoms with Crippen LogP contribution < -0.4 is 4.31 Å². The second kappa shape index (κ2) is 3.77. The van der Waals surface area contributed by atoms with E-state index in [1.165, 1.54) is 15.7 Å². The summed E-state index contributed by atoms with van der Waals surface area (Å²) in [5, 5.41) is 8.93. The van der Waals surface area contributed by atoms with Crippen LogP contribution in [0.2, 0.25) is 0 Å². The molecule has 0 amide bonds. The van der Waals surface area contributed by atoms with Crippen LogP contribution in [0, 0.1) is 11.3 Å². The van der Waals surface area contributed by atoms with Gasteiger partial charge in [0.1, 0.15) is 6.07 Å². The molecular formula is C10H11N3O2S. The van der Waals surface area contributed by atoms with E-state index >= 15 is 0 Å². The lowest BCUT2D eigenvalue weighted by atomic mass is 10.2. The van der Waals surface area contributed by atoms with E-state index < -0.39 is 10.2 Å². The van der Waals surface area contributed by atoms with Gasteiger partial charge in [0.15, 0.2) is 0 Å². The number of hydrogen-bond acceptors (Lipinski definition) is 3. The average Bonchev–Trinajstić information content (AvgIpc) is 2.54. The van der Waals surface area contributed by atoms with Crippen LogP contribution in [0.3, 0.4) is 0 Å².